The summed E-state index contributed by atoms with van der Waals surface area (Å²) < 4.78 is 27.9. The van der Waals surface area contributed by atoms with Crippen molar-refractivity contribution in [2.24, 2.45) is 0 Å². The highest BCUT2D eigenvalue weighted by Gasteiger charge is 2.21. The van der Waals surface area contributed by atoms with Gasteiger partial charge in [-0.25, -0.2) is 13.1 Å². The van der Waals surface area contributed by atoms with E-state index in [1.54, 1.807) is 13.8 Å². The van der Waals surface area contributed by atoms with Crippen LogP contribution in [-0.4, -0.2) is 46.4 Å². The van der Waals surface area contributed by atoms with Crippen LogP contribution in [0.5, 0.6) is 0 Å². The van der Waals surface area contributed by atoms with Gasteiger partial charge in [-0.05, 0) is 57.6 Å². The van der Waals surface area contributed by atoms with Gasteiger partial charge in [-0.1, -0.05) is 47.5 Å². The molecule has 0 aliphatic rings. The summed E-state index contributed by atoms with van der Waals surface area (Å²) in [4.78, 5) is 14.5. The van der Waals surface area contributed by atoms with Gasteiger partial charge < -0.3 is 10.2 Å². The van der Waals surface area contributed by atoms with Crippen molar-refractivity contribution in [3.8, 4) is 0 Å². The molecule has 2 aromatic carbocycles. The molecule has 0 bridgehead atoms. The van der Waals surface area contributed by atoms with Crippen LogP contribution in [0.2, 0.25) is 5.02 Å². The van der Waals surface area contributed by atoms with E-state index < -0.39 is 10.0 Å². The van der Waals surface area contributed by atoms with Gasteiger partial charge in [-0.3, -0.25) is 4.79 Å². The van der Waals surface area contributed by atoms with Crippen molar-refractivity contribution in [3.63, 3.8) is 0 Å². The fraction of sp³-hybridized carbons (Fsp3) is 0.409. The molecule has 0 saturated carbocycles. The number of benzene rings is 2. The number of amides is 1. The fourth-order valence-corrected chi connectivity index (χ4v) is 5.32. The number of nitrogens with one attached hydrogen (secondary N) is 2. The minimum Gasteiger partial charge on any atom is -0.354 e. The van der Waals surface area contributed by atoms with E-state index in [2.05, 4.69) is 10.0 Å². The lowest BCUT2D eigenvalue weighted by Gasteiger charge is -2.26. The third-order valence-electron chi connectivity index (χ3n) is 4.90. The molecule has 0 aliphatic carbocycles. The molecule has 2 rings (SSSR count). The van der Waals surface area contributed by atoms with Crippen molar-refractivity contribution < 1.29 is 13.2 Å². The van der Waals surface area contributed by atoms with Gasteiger partial charge in [0.15, 0.2) is 0 Å². The first-order valence-corrected chi connectivity index (χ1v) is 11.6. The molecular weight excluding hydrogens is 422 g/mol. The molecular formula is C22H30ClN3O3S. The van der Waals surface area contributed by atoms with Crippen molar-refractivity contribution in [2.45, 2.75) is 38.1 Å². The lowest BCUT2D eigenvalue weighted by Crippen LogP contribution is -2.36. The maximum absolute atomic E-state index is 12.7. The highest BCUT2D eigenvalue weighted by atomic mass is 35.5. The number of halogens is 1. The van der Waals surface area contributed by atoms with E-state index >= 15 is 0 Å². The van der Waals surface area contributed by atoms with E-state index in [1.807, 2.05) is 62.3 Å². The number of hydrogen-bond donors (Lipinski definition) is 2. The molecule has 0 aromatic heterocycles. The van der Waals surface area contributed by atoms with Crippen molar-refractivity contribution >= 4 is 27.5 Å². The Morgan fingerprint density at radius 2 is 1.70 bits per heavy atom. The van der Waals surface area contributed by atoms with Crippen LogP contribution in [-0.2, 0) is 14.8 Å². The van der Waals surface area contributed by atoms with Gasteiger partial charge in [0, 0.05) is 24.5 Å². The molecule has 1 atom stereocenters. The highest BCUT2D eigenvalue weighted by Crippen LogP contribution is 2.25. The number of likely N-dealkylation sites (N-methyl/N-ethyl adjacent to an activating group) is 1. The molecule has 0 spiro atoms. The largest absolute Gasteiger partial charge is 0.354 e. The molecule has 2 N–H and O–H groups in total. The fourth-order valence-electron chi connectivity index (χ4n) is 3.58. The van der Waals surface area contributed by atoms with Crippen LogP contribution in [0.3, 0.4) is 0 Å². The Kier molecular flexibility index (Phi) is 8.43. The minimum atomic E-state index is -3.68. The van der Waals surface area contributed by atoms with Crippen LogP contribution < -0.4 is 10.0 Å². The summed E-state index contributed by atoms with van der Waals surface area (Å²) in [6.07, 6.45) is 0.0475. The molecule has 1 amide bonds. The normalized spacial score (nSPS) is 12.8. The minimum absolute atomic E-state index is 0.0274. The van der Waals surface area contributed by atoms with Crippen molar-refractivity contribution in [1.82, 2.24) is 14.9 Å². The Labute approximate surface area is 184 Å². The molecule has 2 aromatic rings. The molecule has 6 nitrogen and oxygen atoms in total. The first-order valence-electron chi connectivity index (χ1n) is 9.78. The second kappa shape index (κ2) is 10.4. The summed E-state index contributed by atoms with van der Waals surface area (Å²) in [6, 6.07) is 11.1. The maximum atomic E-state index is 12.7. The maximum Gasteiger partial charge on any atom is 0.241 e. The molecule has 30 heavy (non-hydrogen) atoms. The van der Waals surface area contributed by atoms with Gasteiger partial charge in [-0.2, -0.15) is 0 Å². The Hall–Kier alpha value is -1.93. The number of aryl methyl sites for hydroxylation is 3. The second-order valence-electron chi connectivity index (χ2n) is 7.68. The quantitative estimate of drug-likeness (QED) is 0.612. The van der Waals surface area contributed by atoms with E-state index in [-0.39, 0.29) is 29.8 Å². The molecule has 0 heterocycles. The van der Waals surface area contributed by atoms with Crippen molar-refractivity contribution in [3.05, 3.63) is 63.7 Å². The molecule has 164 valence electrons. The van der Waals surface area contributed by atoms with Gasteiger partial charge in [0.1, 0.15) is 0 Å². The Morgan fingerprint density at radius 3 is 2.27 bits per heavy atom. The topological polar surface area (TPSA) is 78.5 Å². The smallest absolute Gasteiger partial charge is 0.241 e. The predicted octanol–water partition coefficient (Wildman–Crippen LogP) is 3.35. The van der Waals surface area contributed by atoms with Gasteiger partial charge in [0.2, 0.25) is 15.9 Å². The Morgan fingerprint density at radius 1 is 1.10 bits per heavy atom. The van der Waals surface area contributed by atoms with Gasteiger partial charge >= 0.3 is 0 Å². The van der Waals surface area contributed by atoms with Crippen LogP contribution in [0.25, 0.3) is 0 Å². The average Bonchev–Trinajstić information content (AvgIpc) is 2.61. The molecule has 8 heteroatoms. The predicted molar refractivity (Wildman–Crippen MR) is 121 cm³/mol. The summed E-state index contributed by atoms with van der Waals surface area (Å²) in [6.45, 7) is 5.88. The number of rotatable bonds is 9. The Bertz CT molecular complexity index is 983. The molecule has 0 fully saturated rings. The van der Waals surface area contributed by atoms with Crippen LogP contribution in [0, 0.1) is 20.8 Å². The monoisotopic (exact) mass is 451 g/mol. The zero-order valence-corrected chi connectivity index (χ0v) is 19.7. The summed E-state index contributed by atoms with van der Waals surface area (Å²) in [5.41, 5.74) is 3.32. The lowest BCUT2D eigenvalue weighted by atomic mass is 10.1. The number of carbonyl (C=O) groups is 1. The van der Waals surface area contributed by atoms with Gasteiger partial charge in [0.05, 0.1) is 10.9 Å². The summed E-state index contributed by atoms with van der Waals surface area (Å²) in [5, 5.41) is 3.51. The van der Waals surface area contributed by atoms with Crippen molar-refractivity contribution in [2.75, 3.05) is 27.2 Å². The number of sulfonamides is 1. The molecule has 1 unspecified atom stereocenters. The van der Waals surface area contributed by atoms with Crippen LogP contribution >= 0.6 is 11.6 Å². The molecule has 0 saturated heterocycles. The molecule has 0 aliphatic heterocycles. The zero-order chi connectivity index (χ0) is 22.5. The summed E-state index contributed by atoms with van der Waals surface area (Å²) >= 11 is 6.29. The SMILES string of the molecule is Cc1cc(C)c(S(=O)(=O)NCCC(=O)NCC(c2ccccc2Cl)N(C)C)c(C)c1. The first-order chi connectivity index (χ1) is 14.0. The van der Waals surface area contributed by atoms with E-state index in [0.717, 1.165) is 11.1 Å². The van der Waals surface area contributed by atoms with Gasteiger partial charge in [-0.15, -0.1) is 0 Å². The van der Waals surface area contributed by atoms with E-state index in [9.17, 15) is 13.2 Å². The number of carbonyl (C=O) groups excluding carboxylic acids is 1. The second-order valence-corrected chi connectivity index (χ2v) is 9.79. The average molecular weight is 452 g/mol. The zero-order valence-electron chi connectivity index (χ0n) is 18.1. The lowest BCUT2D eigenvalue weighted by molar-refractivity contribution is -0.121. The summed E-state index contributed by atoms with van der Waals surface area (Å²) in [7, 11) is 0.151. The van der Waals surface area contributed by atoms with E-state index in [1.165, 1.54) is 0 Å². The highest BCUT2D eigenvalue weighted by molar-refractivity contribution is 7.89. The van der Waals surface area contributed by atoms with Crippen molar-refractivity contribution in [1.29, 1.82) is 0 Å². The Balaban J connectivity index is 1.94. The standard InChI is InChI=1S/C22H30ClN3O3S/c1-15-12-16(2)22(17(3)13-15)30(28,29)25-11-10-21(27)24-14-20(26(4)5)18-8-6-7-9-19(18)23/h6-9,12-13,20,25H,10-11,14H2,1-5H3,(H,24,27). The first kappa shape index (κ1) is 24.3. The van der Waals surface area contributed by atoms with E-state index in [0.29, 0.717) is 22.7 Å². The number of hydrogen-bond acceptors (Lipinski definition) is 4. The van der Waals surface area contributed by atoms with Crippen LogP contribution in [0.1, 0.15) is 34.7 Å². The third kappa shape index (κ3) is 6.28. The van der Waals surface area contributed by atoms with Gasteiger partial charge in [0.25, 0.3) is 0 Å². The van der Waals surface area contributed by atoms with Crippen LogP contribution in [0.15, 0.2) is 41.3 Å². The third-order valence-corrected chi connectivity index (χ3v) is 7.01. The van der Waals surface area contributed by atoms with Crippen LogP contribution in [0.4, 0.5) is 0 Å². The molecule has 0 radical (unpaired) electrons. The van der Waals surface area contributed by atoms with E-state index in [4.69, 9.17) is 11.6 Å². The number of nitrogens with zero attached hydrogens (tertiary/aromatic N) is 1. The summed E-state index contributed by atoms with van der Waals surface area (Å²) in [5.74, 6) is -0.228.